The number of carbonyl (C=O) groups is 1. The molecule has 2 rings (SSSR count). The molecule has 1 heterocycles. The first kappa shape index (κ1) is 8.81. The number of carboxylic acid groups (broad SMARTS) is 1. The Morgan fingerprint density at radius 3 is 2.85 bits per heavy atom. The molecule has 1 saturated heterocycles. The molecule has 0 aromatic carbocycles. The van der Waals surface area contributed by atoms with Crippen molar-refractivity contribution >= 4 is 6.16 Å². The quantitative estimate of drug-likeness (QED) is 0.609. The van der Waals surface area contributed by atoms with Crippen LogP contribution in [0.4, 0.5) is 4.79 Å². The van der Waals surface area contributed by atoms with Crippen LogP contribution in [-0.2, 0) is 4.74 Å². The van der Waals surface area contributed by atoms with Gasteiger partial charge < -0.3 is 9.84 Å². The Morgan fingerprint density at radius 2 is 2.15 bits per heavy atom. The van der Waals surface area contributed by atoms with Crippen molar-refractivity contribution in [3.05, 3.63) is 0 Å². The molecule has 74 valence electrons. The van der Waals surface area contributed by atoms with E-state index in [1.165, 1.54) is 25.7 Å². The summed E-state index contributed by atoms with van der Waals surface area (Å²) in [5.41, 5.74) is 0. The average molecular weight is 185 g/mol. The molecule has 13 heavy (non-hydrogen) atoms. The number of hydrogen-bond acceptors (Lipinski definition) is 3. The highest BCUT2D eigenvalue weighted by molar-refractivity contribution is 5.57. The summed E-state index contributed by atoms with van der Waals surface area (Å²) in [6.07, 6.45) is 4.36. The van der Waals surface area contributed by atoms with Gasteiger partial charge in [-0.1, -0.05) is 12.8 Å². The first-order valence-electron chi connectivity index (χ1n) is 4.91. The van der Waals surface area contributed by atoms with Crippen molar-refractivity contribution in [1.82, 2.24) is 5.32 Å². The number of nitrogens with one attached hydrogen (secondary N) is 1. The molecule has 1 aliphatic heterocycles. The first-order chi connectivity index (χ1) is 6.25. The van der Waals surface area contributed by atoms with Crippen LogP contribution in [0.5, 0.6) is 0 Å². The molecule has 0 radical (unpaired) electrons. The summed E-state index contributed by atoms with van der Waals surface area (Å²) >= 11 is 0. The van der Waals surface area contributed by atoms with Crippen LogP contribution < -0.4 is 5.32 Å². The van der Waals surface area contributed by atoms with E-state index in [9.17, 15) is 4.79 Å². The molecule has 2 aliphatic rings. The highest BCUT2D eigenvalue weighted by Crippen LogP contribution is 2.33. The van der Waals surface area contributed by atoms with Gasteiger partial charge in [0.05, 0.1) is 0 Å². The number of fused-ring (bicyclic) bond motifs is 1. The standard InChI is InChI=1S/C9H15NO3/c11-9(12)13-8-5-6-3-1-2-4-7(6)10-8/h6-8,10H,1-5H2,(H,11,12)/t6?,7-,8-/m0/s1. The van der Waals surface area contributed by atoms with Crippen molar-refractivity contribution in [2.45, 2.75) is 44.4 Å². The maximum Gasteiger partial charge on any atom is 0.507 e. The van der Waals surface area contributed by atoms with Gasteiger partial charge in [-0.25, -0.2) is 4.79 Å². The maximum absolute atomic E-state index is 10.3. The van der Waals surface area contributed by atoms with Crippen LogP contribution in [0.3, 0.4) is 0 Å². The Morgan fingerprint density at radius 1 is 1.38 bits per heavy atom. The molecule has 0 bridgehead atoms. The smallest absolute Gasteiger partial charge is 0.450 e. The summed E-state index contributed by atoms with van der Waals surface area (Å²) in [5, 5.41) is 11.7. The molecule has 4 heteroatoms. The lowest BCUT2D eigenvalue weighted by Crippen LogP contribution is -2.35. The van der Waals surface area contributed by atoms with E-state index >= 15 is 0 Å². The summed E-state index contributed by atoms with van der Waals surface area (Å²) in [7, 11) is 0. The average Bonchev–Trinajstić information content (AvgIpc) is 2.44. The van der Waals surface area contributed by atoms with Gasteiger partial charge in [-0.3, -0.25) is 5.32 Å². The van der Waals surface area contributed by atoms with E-state index in [0.29, 0.717) is 12.0 Å². The Kier molecular flexibility index (Phi) is 2.40. The number of ether oxygens (including phenoxy) is 1. The fourth-order valence-electron chi connectivity index (χ4n) is 2.49. The Bertz CT molecular complexity index is 193. The molecule has 2 N–H and O–H groups in total. The second-order valence-electron chi connectivity index (χ2n) is 3.93. The first-order valence-corrected chi connectivity index (χ1v) is 4.91. The zero-order valence-corrected chi connectivity index (χ0v) is 7.53. The summed E-state index contributed by atoms with van der Waals surface area (Å²) < 4.78 is 4.71. The second-order valence-corrected chi connectivity index (χ2v) is 3.93. The molecule has 4 nitrogen and oxygen atoms in total. The molecule has 2 fully saturated rings. The van der Waals surface area contributed by atoms with E-state index in [2.05, 4.69) is 5.32 Å². The van der Waals surface area contributed by atoms with Crippen molar-refractivity contribution in [3.63, 3.8) is 0 Å². The van der Waals surface area contributed by atoms with E-state index in [0.717, 1.165) is 6.42 Å². The lowest BCUT2D eigenvalue weighted by atomic mass is 9.85. The van der Waals surface area contributed by atoms with Gasteiger partial charge in [-0.15, -0.1) is 0 Å². The van der Waals surface area contributed by atoms with E-state index in [1.54, 1.807) is 0 Å². The molecular weight excluding hydrogens is 170 g/mol. The van der Waals surface area contributed by atoms with Gasteiger partial charge in [0.2, 0.25) is 0 Å². The van der Waals surface area contributed by atoms with Crippen LogP contribution in [0.1, 0.15) is 32.1 Å². The highest BCUT2D eigenvalue weighted by Gasteiger charge is 2.36. The van der Waals surface area contributed by atoms with Crippen LogP contribution in [0, 0.1) is 5.92 Å². The SMILES string of the molecule is O=C(O)O[C@H]1CC2CCCC[C@@H]2N1. The molecule has 1 unspecified atom stereocenters. The third kappa shape index (κ3) is 1.94. The fraction of sp³-hybridized carbons (Fsp3) is 0.889. The zero-order chi connectivity index (χ0) is 9.26. The van der Waals surface area contributed by atoms with Crippen LogP contribution in [0.15, 0.2) is 0 Å². The van der Waals surface area contributed by atoms with Gasteiger partial charge in [0.25, 0.3) is 0 Å². The molecule has 3 atom stereocenters. The van der Waals surface area contributed by atoms with Crippen molar-refractivity contribution in [2.75, 3.05) is 0 Å². The van der Waals surface area contributed by atoms with Gasteiger partial charge >= 0.3 is 6.16 Å². The summed E-state index contributed by atoms with van der Waals surface area (Å²) in [6, 6.07) is 0.498. The minimum absolute atomic E-state index is 0.259. The van der Waals surface area contributed by atoms with Crippen molar-refractivity contribution < 1.29 is 14.6 Å². The normalized spacial score (nSPS) is 38.3. The van der Waals surface area contributed by atoms with Crippen LogP contribution >= 0.6 is 0 Å². The van der Waals surface area contributed by atoms with Gasteiger partial charge in [0.1, 0.15) is 0 Å². The molecule has 0 spiro atoms. The molecule has 0 aromatic rings. The minimum Gasteiger partial charge on any atom is -0.450 e. The van der Waals surface area contributed by atoms with Crippen LogP contribution in [0.2, 0.25) is 0 Å². The summed E-state index contributed by atoms with van der Waals surface area (Å²) in [4.78, 5) is 10.3. The molecular formula is C9H15NO3. The largest absolute Gasteiger partial charge is 0.507 e. The van der Waals surface area contributed by atoms with Gasteiger partial charge in [-0.2, -0.15) is 0 Å². The zero-order valence-electron chi connectivity index (χ0n) is 7.53. The molecule has 1 saturated carbocycles. The number of hydrogen-bond donors (Lipinski definition) is 2. The van der Waals surface area contributed by atoms with Crippen LogP contribution in [-0.4, -0.2) is 23.5 Å². The van der Waals surface area contributed by atoms with Crippen molar-refractivity contribution in [2.24, 2.45) is 5.92 Å². The third-order valence-corrected chi connectivity index (χ3v) is 3.07. The summed E-state index contributed by atoms with van der Waals surface area (Å²) in [6.45, 7) is 0. The predicted molar refractivity (Wildman–Crippen MR) is 46.4 cm³/mol. The molecule has 0 aromatic heterocycles. The van der Waals surface area contributed by atoms with Crippen molar-refractivity contribution in [1.29, 1.82) is 0 Å². The highest BCUT2D eigenvalue weighted by atomic mass is 16.7. The number of rotatable bonds is 1. The van der Waals surface area contributed by atoms with Gasteiger partial charge in [0.15, 0.2) is 6.23 Å². The van der Waals surface area contributed by atoms with Gasteiger partial charge in [0, 0.05) is 12.5 Å². The van der Waals surface area contributed by atoms with Crippen LogP contribution in [0.25, 0.3) is 0 Å². The Balaban J connectivity index is 1.87. The third-order valence-electron chi connectivity index (χ3n) is 3.07. The lowest BCUT2D eigenvalue weighted by molar-refractivity contribution is 0.0430. The van der Waals surface area contributed by atoms with E-state index < -0.39 is 6.16 Å². The van der Waals surface area contributed by atoms with Gasteiger partial charge in [-0.05, 0) is 18.8 Å². The Hall–Kier alpha value is -0.770. The molecule has 0 amide bonds. The van der Waals surface area contributed by atoms with E-state index in [1.807, 2.05) is 0 Å². The maximum atomic E-state index is 10.3. The van der Waals surface area contributed by atoms with E-state index in [4.69, 9.17) is 9.84 Å². The van der Waals surface area contributed by atoms with E-state index in [-0.39, 0.29) is 6.23 Å². The van der Waals surface area contributed by atoms with Crippen molar-refractivity contribution in [3.8, 4) is 0 Å². The predicted octanol–water partition coefficient (Wildman–Crippen LogP) is 1.56. The monoisotopic (exact) mass is 185 g/mol. The lowest BCUT2D eigenvalue weighted by Gasteiger charge is -2.23. The second kappa shape index (κ2) is 3.54. The Labute approximate surface area is 77.3 Å². The topological polar surface area (TPSA) is 58.6 Å². The minimum atomic E-state index is -1.17. The summed E-state index contributed by atoms with van der Waals surface area (Å²) in [5.74, 6) is 0.637. The molecule has 1 aliphatic carbocycles. The fourth-order valence-corrected chi connectivity index (χ4v) is 2.49.